The molecule has 2 aromatic rings. The van der Waals surface area contributed by atoms with E-state index in [1.54, 1.807) is 36.4 Å². The minimum Gasteiger partial charge on any atom is -0.438 e. The van der Waals surface area contributed by atoms with Gasteiger partial charge in [-0.05, 0) is 36.8 Å². The summed E-state index contributed by atoms with van der Waals surface area (Å²) in [6.45, 7) is 1.73. The number of aryl methyl sites for hydroxylation is 1. The van der Waals surface area contributed by atoms with E-state index < -0.39 is 0 Å². The third-order valence-corrected chi connectivity index (χ3v) is 2.68. The van der Waals surface area contributed by atoms with E-state index >= 15 is 0 Å². The van der Waals surface area contributed by atoms with Crippen molar-refractivity contribution in [2.24, 2.45) is 10.9 Å². The largest absolute Gasteiger partial charge is 0.438 e. The number of rotatable bonds is 4. The van der Waals surface area contributed by atoms with Crippen molar-refractivity contribution in [2.45, 2.75) is 13.5 Å². The Morgan fingerprint density at radius 2 is 2.15 bits per heavy atom. The van der Waals surface area contributed by atoms with Gasteiger partial charge in [0.1, 0.15) is 5.75 Å². The summed E-state index contributed by atoms with van der Waals surface area (Å²) in [4.78, 5) is 4.24. The second-order valence-corrected chi connectivity index (χ2v) is 4.20. The van der Waals surface area contributed by atoms with Crippen molar-refractivity contribution in [1.82, 2.24) is 4.98 Å². The Hall–Kier alpha value is -2.60. The molecule has 0 atom stereocenters. The number of aliphatic hydroxyl groups is 1. The van der Waals surface area contributed by atoms with Gasteiger partial charge in [-0.15, -0.1) is 0 Å². The average molecular weight is 273 g/mol. The van der Waals surface area contributed by atoms with Crippen LogP contribution < -0.4 is 10.5 Å². The lowest BCUT2D eigenvalue weighted by molar-refractivity contribution is 0.281. The monoisotopic (exact) mass is 273 g/mol. The fourth-order valence-electron chi connectivity index (χ4n) is 1.68. The smallest absolute Gasteiger partial charge is 0.230 e. The zero-order chi connectivity index (χ0) is 14.5. The van der Waals surface area contributed by atoms with E-state index in [2.05, 4.69) is 10.1 Å². The summed E-state index contributed by atoms with van der Waals surface area (Å²) in [5.41, 5.74) is 7.46. The highest BCUT2D eigenvalue weighted by Crippen LogP contribution is 2.24. The second-order valence-electron chi connectivity index (χ2n) is 4.20. The topological polar surface area (TPSA) is 101 Å². The quantitative estimate of drug-likeness (QED) is 0.341. The van der Waals surface area contributed by atoms with Crippen molar-refractivity contribution in [3.63, 3.8) is 0 Å². The van der Waals surface area contributed by atoms with Gasteiger partial charge in [0.2, 0.25) is 5.88 Å². The minimum atomic E-state index is -0.0780. The molecule has 0 saturated carbocycles. The minimum absolute atomic E-state index is 0.0778. The summed E-state index contributed by atoms with van der Waals surface area (Å²) in [7, 11) is 0. The normalized spacial score (nSPS) is 11.4. The highest BCUT2D eigenvalue weighted by Gasteiger charge is 2.11. The van der Waals surface area contributed by atoms with E-state index in [0.29, 0.717) is 11.3 Å². The van der Waals surface area contributed by atoms with Gasteiger partial charge in [-0.3, -0.25) is 0 Å². The number of ether oxygens (including phenoxy) is 1. The van der Waals surface area contributed by atoms with Crippen LogP contribution in [0.3, 0.4) is 0 Å². The first-order valence-electron chi connectivity index (χ1n) is 5.97. The molecular formula is C14H15N3O3. The van der Waals surface area contributed by atoms with Gasteiger partial charge in [-0.1, -0.05) is 17.3 Å². The van der Waals surface area contributed by atoms with E-state index in [4.69, 9.17) is 20.8 Å². The Kier molecular flexibility index (Phi) is 4.17. The average Bonchev–Trinajstić information content (AvgIpc) is 2.47. The number of benzene rings is 1. The number of aliphatic hydroxyl groups excluding tert-OH is 1. The summed E-state index contributed by atoms with van der Waals surface area (Å²) in [5, 5.41) is 20.8. The molecule has 1 heterocycles. The highest BCUT2D eigenvalue weighted by molar-refractivity contribution is 5.99. The molecule has 0 radical (unpaired) electrons. The maximum absolute atomic E-state index is 9.11. The highest BCUT2D eigenvalue weighted by atomic mass is 16.5. The van der Waals surface area contributed by atoms with Crippen LogP contribution in [0.15, 0.2) is 41.6 Å². The zero-order valence-corrected chi connectivity index (χ0v) is 10.9. The van der Waals surface area contributed by atoms with Crippen molar-refractivity contribution in [3.8, 4) is 11.6 Å². The Bertz CT molecular complexity index is 641. The number of oxime groups is 1. The van der Waals surface area contributed by atoms with Crippen molar-refractivity contribution < 1.29 is 15.1 Å². The number of aromatic nitrogens is 1. The Morgan fingerprint density at radius 3 is 2.85 bits per heavy atom. The van der Waals surface area contributed by atoms with E-state index in [1.807, 2.05) is 6.92 Å². The molecular weight excluding hydrogens is 258 g/mol. The molecule has 0 fully saturated rings. The van der Waals surface area contributed by atoms with Crippen LogP contribution in [-0.4, -0.2) is 21.1 Å². The first-order chi connectivity index (χ1) is 9.63. The van der Waals surface area contributed by atoms with Crippen molar-refractivity contribution in [1.29, 1.82) is 0 Å². The summed E-state index contributed by atoms with van der Waals surface area (Å²) in [6.07, 6.45) is 0. The number of nitrogens with two attached hydrogens (primary N) is 1. The van der Waals surface area contributed by atoms with Crippen LogP contribution >= 0.6 is 0 Å². The molecule has 0 spiro atoms. The zero-order valence-electron chi connectivity index (χ0n) is 10.9. The molecule has 1 aromatic heterocycles. The van der Waals surface area contributed by atoms with Crippen molar-refractivity contribution >= 4 is 5.84 Å². The number of pyridine rings is 1. The van der Waals surface area contributed by atoms with Crippen LogP contribution in [0, 0.1) is 6.92 Å². The molecule has 1 aromatic carbocycles. The maximum Gasteiger partial charge on any atom is 0.230 e. The first kappa shape index (κ1) is 13.8. The summed E-state index contributed by atoms with van der Waals surface area (Å²) < 4.78 is 5.66. The fourth-order valence-corrected chi connectivity index (χ4v) is 1.68. The molecule has 6 nitrogen and oxygen atoms in total. The molecule has 0 aliphatic rings. The summed E-state index contributed by atoms with van der Waals surface area (Å²) in [5.74, 6) is 0.683. The van der Waals surface area contributed by atoms with Crippen LogP contribution in [0.2, 0.25) is 0 Å². The van der Waals surface area contributed by atoms with E-state index in [9.17, 15) is 0 Å². The predicted molar refractivity (Wildman–Crippen MR) is 73.9 cm³/mol. The third kappa shape index (κ3) is 3.04. The van der Waals surface area contributed by atoms with Gasteiger partial charge in [0.25, 0.3) is 0 Å². The van der Waals surface area contributed by atoms with Gasteiger partial charge >= 0.3 is 0 Å². The van der Waals surface area contributed by atoms with Gasteiger partial charge in [-0.25, -0.2) is 4.98 Å². The van der Waals surface area contributed by atoms with Crippen LogP contribution in [0.5, 0.6) is 11.6 Å². The third-order valence-electron chi connectivity index (χ3n) is 2.68. The molecule has 20 heavy (non-hydrogen) atoms. The van der Waals surface area contributed by atoms with Crippen LogP contribution in [0.4, 0.5) is 0 Å². The van der Waals surface area contributed by atoms with Crippen LogP contribution in [0.25, 0.3) is 0 Å². The SMILES string of the molecule is Cc1ccc(C(N)=NO)c(Oc2cccc(CO)c2)n1. The van der Waals surface area contributed by atoms with Gasteiger partial charge in [0.15, 0.2) is 5.84 Å². The van der Waals surface area contributed by atoms with Gasteiger partial charge in [0, 0.05) is 5.69 Å². The maximum atomic E-state index is 9.11. The molecule has 0 aliphatic heterocycles. The van der Waals surface area contributed by atoms with Gasteiger partial charge in [0.05, 0.1) is 12.2 Å². The lowest BCUT2D eigenvalue weighted by atomic mass is 10.2. The molecule has 4 N–H and O–H groups in total. The standard InChI is InChI=1S/C14H15N3O3/c1-9-5-6-12(13(15)17-19)14(16-9)20-11-4-2-3-10(7-11)8-18/h2-7,18-19H,8H2,1H3,(H2,15,17). The number of nitrogens with zero attached hydrogens (tertiary/aromatic N) is 2. The van der Waals surface area contributed by atoms with Gasteiger partial charge < -0.3 is 20.8 Å². The van der Waals surface area contributed by atoms with Crippen LogP contribution in [0.1, 0.15) is 16.8 Å². The number of hydrogen-bond donors (Lipinski definition) is 3. The molecule has 0 bridgehead atoms. The van der Waals surface area contributed by atoms with E-state index in [1.165, 1.54) is 0 Å². The summed E-state index contributed by atoms with van der Waals surface area (Å²) in [6, 6.07) is 10.4. The predicted octanol–water partition coefficient (Wildman–Crippen LogP) is 1.77. The molecule has 6 heteroatoms. The summed E-state index contributed by atoms with van der Waals surface area (Å²) >= 11 is 0. The van der Waals surface area contributed by atoms with Crippen molar-refractivity contribution in [2.75, 3.05) is 0 Å². The number of amidine groups is 1. The molecule has 104 valence electrons. The van der Waals surface area contributed by atoms with E-state index in [-0.39, 0.29) is 18.3 Å². The fraction of sp³-hybridized carbons (Fsp3) is 0.143. The lowest BCUT2D eigenvalue weighted by Crippen LogP contribution is -2.15. The molecule has 0 unspecified atom stereocenters. The Labute approximate surface area is 116 Å². The molecule has 0 saturated heterocycles. The lowest BCUT2D eigenvalue weighted by Gasteiger charge is -2.10. The van der Waals surface area contributed by atoms with E-state index in [0.717, 1.165) is 11.3 Å². The number of hydrogen-bond acceptors (Lipinski definition) is 5. The molecule has 0 amide bonds. The van der Waals surface area contributed by atoms with Gasteiger partial charge in [-0.2, -0.15) is 0 Å². The Balaban J connectivity index is 2.39. The Morgan fingerprint density at radius 1 is 1.35 bits per heavy atom. The molecule has 2 rings (SSSR count). The van der Waals surface area contributed by atoms with Crippen molar-refractivity contribution in [3.05, 3.63) is 53.2 Å². The first-order valence-corrected chi connectivity index (χ1v) is 5.97. The van der Waals surface area contributed by atoms with Crippen LogP contribution in [-0.2, 0) is 6.61 Å². The molecule has 0 aliphatic carbocycles. The second kappa shape index (κ2) is 6.03.